The summed E-state index contributed by atoms with van der Waals surface area (Å²) in [5.41, 5.74) is 3.38. The topological polar surface area (TPSA) is 106 Å². The van der Waals surface area contributed by atoms with Crippen LogP contribution in [0.5, 0.6) is 0 Å². The van der Waals surface area contributed by atoms with Gasteiger partial charge >= 0.3 is 18.1 Å². The summed E-state index contributed by atoms with van der Waals surface area (Å²) in [6.45, 7) is 10.7. The molecule has 0 aliphatic heterocycles. The van der Waals surface area contributed by atoms with E-state index in [1.165, 1.54) is 0 Å². The maximum atomic E-state index is 11.1. The van der Waals surface area contributed by atoms with E-state index in [9.17, 15) is 14.4 Å². The Morgan fingerprint density at radius 3 is 2.05 bits per heavy atom. The molecule has 20 heavy (non-hydrogen) atoms. The molecule has 3 N–H and O–H groups in total. The number of urea groups is 1. The number of carbonyl (C=O) groups excluding carboxylic acids is 3. The molecule has 0 heterocycles. The third-order valence-electron chi connectivity index (χ3n) is 1.38. The highest BCUT2D eigenvalue weighted by Gasteiger charge is 2.16. The normalized spacial score (nSPS) is 9.50. The second-order valence-electron chi connectivity index (χ2n) is 4.24. The molecule has 0 aromatic heterocycles. The van der Waals surface area contributed by atoms with E-state index in [-0.39, 0.29) is 13.2 Å². The van der Waals surface area contributed by atoms with Gasteiger partial charge in [0.25, 0.3) is 0 Å². The maximum Gasteiger partial charge on any atom is 0.426 e. The van der Waals surface area contributed by atoms with Crippen LogP contribution in [0.25, 0.3) is 0 Å². The van der Waals surface area contributed by atoms with Crippen LogP contribution in [0.2, 0.25) is 0 Å². The van der Waals surface area contributed by atoms with E-state index in [0.29, 0.717) is 0 Å². The highest BCUT2D eigenvalue weighted by atomic mass is 16.6. The molecule has 0 bridgehead atoms. The number of amides is 3. The minimum atomic E-state index is -0.797. The number of hydrogen-bond acceptors (Lipinski definition) is 5. The Kier molecular flexibility index (Phi) is 11.1. The van der Waals surface area contributed by atoms with Crippen LogP contribution in [-0.4, -0.2) is 36.8 Å². The first-order valence-corrected chi connectivity index (χ1v) is 6.43. The summed E-state index contributed by atoms with van der Waals surface area (Å²) in [7, 11) is 0. The predicted molar refractivity (Wildman–Crippen MR) is 73.9 cm³/mol. The molecule has 8 nitrogen and oxygen atoms in total. The summed E-state index contributed by atoms with van der Waals surface area (Å²) in [5, 5.41) is 2.19. The van der Waals surface area contributed by atoms with Crippen molar-refractivity contribution >= 4 is 18.1 Å². The molecule has 0 atom stereocenters. The van der Waals surface area contributed by atoms with Gasteiger partial charge in [0.05, 0.1) is 6.61 Å². The van der Waals surface area contributed by atoms with Crippen LogP contribution in [0.3, 0.4) is 0 Å². The van der Waals surface area contributed by atoms with Crippen molar-refractivity contribution < 1.29 is 23.9 Å². The van der Waals surface area contributed by atoms with Crippen molar-refractivity contribution in [3.8, 4) is 0 Å². The first-order valence-electron chi connectivity index (χ1n) is 6.43. The monoisotopic (exact) mass is 291 g/mol. The van der Waals surface area contributed by atoms with Crippen molar-refractivity contribution in [1.29, 1.82) is 0 Å². The molecule has 8 heteroatoms. The number of rotatable bonds is 3. The predicted octanol–water partition coefficient (Wildman–Crippen LogP) is 1.31. The third-order valence-corrected chi connectivity index (χ3v) is 1.38. The molecule has 0 aliphatic carbocycles. The van der Waals surface area contributed by atoms with Crippen molar-refractivity contribution in [3.05, 3.63) is 0 Å². The van der Waals surface area contributed by atoms with Gasteiger partial charge in [-0.05, 0) is 27.7 Å². The average Bonchev–Trinajstić information content (AvgIpc) is 2.34. The average molecular weight is 291 g/mol. The molecule has 118 valence electrons. The van der Waals surface area contributed by atoms with Crippen molar-refractivity contribution in [2.24, 2.45) is 0 Å². The molecule has 3 amide bonds. The smallest absolute Gasteiger partial charge is 0.426 e. The fourth-order valence-corrected chi connectivity index (χ4v) is 0.820. The highest BCUT2D eigenvalue weighted by molar-refractivity contribution is 5.82. The molecule has 0 radical (unpaired) electrons. The van der Waals surface area contributed by atoms with Crippen molar-refractivity contribution in [3.63, 3.8) is 0 Å². The molecule has 0 spiro atoms. The van der Waals surface area contributed by atoms with Crippen molar-refractivity contribution in [2.45, 2.75) is 47.1 Å². The second-order valence-corrected chi connectivity index (χ2v) is 4.24. The molecular formula is C12H25N3O5. The molecule has 0 aromatic rings. The molecule has 0 aliphatic rings. The van der Waals surface area contributed by atoms with Crippen molar-refractivity contribution in [1.82, 2.24) is 16.2 Å². The number of esters is 1. The van der Waals surface area contributed by atoms with Crippen LogP contribution >= 0.6 is 0 Å². The molecule has 0 saturated heterocycles. The maximum absolute atomic E-state index is 11.1. The largest absolute Gasteiger partial charge is 0.465 e. The zero-order valence-electron chi connectivity index (χ0n) is 13.0. The van der Waals surface area contributed by atoms with Crippen molar-refractivity contribution in [2.75, 3.05) is 13.2 Å². The van der Waals surface area contributed by atoms with E-state index in [1.54, 1.807) is 27.7 Å². The zero-order valence-corrected chi connectivity index (χ0v) is 13.0. The van der Waals surface area contributed by atoms with E-state index in [1.807, 2.05) is 24.7 Å². The van der Waals surface area contributed by atoms with Gasteiger partial charge in [-0.3, -0.25) is 4.79 Å². The minimum Gasteiger partial charge on any atom is -0.465 e. The number of carbonyl (C=O) groups is 3. The first-order chi connectivity index (χ1) is 9.24. The third kappa shape index (κ3) is 14.1. The fourth-order valence-electron chi connectivity index (χ4n) is 0.820. The zero-order chi connectivity index (χ0) is 16.2. The Morgan fingerprint density at radius 1 is 1.05 bits per heavy atom. The molecule has 0 aromatic carbocycles. The fraction of sp³-hybridized carbons (Fsp3) is 0.750. The van der Waals surface area contributed by atoms with Crippen LogP contribution in [0.1, 0.15) is 41.5 Å². The Balaban J connectivity index is 0. The van der Waals surface area contributed by atoms with E-state index in [2.05, 4.69) is 10.1 Å². The van der Waals surface area contributed by atoms with E-state index < -0.39 is 23.7 Å². The molecule has 0 fully saturated rings. The molecular weight excluding hydrogens is 266 g/mol. The second kappa shape index (κ2) is 10.9. The quantitative estimate of drug-likeness (QED) is 0.537. The SMILES string of the molecule is CC.CCOC(=O)CNC(=O)NNC(=O)OC(C)(C)C. The summed E-state index contributed by atoms with van der Waals surface area (Å²) in [4.78, 5) is 33.2. The van der Waals surface area contributed by atoms with E-state index in [4.69, 9.17) is 4.74 Å². The summed E-state index contributed by atoms with van der Waals surface area (Å²) in [6, 6.07) is -0.742. The van der Waals surface area contributed by atoms with Gasteiger partial charge in [-0.1, -0.05) is 13.8 Å². The summed E-state index contributed by atoms with van der Waals surface area (Å²) < 4.78 is 9.46. The van der Waals surface area contributed by atoms with Crippen LogP contribution in [-0.2, 0) is 14.3 Å². The van der Waals surface area contributed by atoms with E-state index >= 15 is 0 Å². The molecule has 0 rings (SSSR count). The number of hydrogen-bond donors (Lipinski definition) is 3. The lowest BCUT2D eigenvalue weighted by atomic mass is 10.2. The van der Waals surface area contributed by atoms with Crippen LogP contribution < -0.4 is 16.2 Å². The van der Waals surface area contributed by atoms with Crippen LogP contribution in [0, 0.1) is 0 Å². The lowest BCUT2D eigenvalue weighted by molar-refractivity contribution is -0.141. The Morgan fingerprint density at radius 2 is 1.60 bits per heavy atom. The van der Waals surface area contributed by atoms with Crippen LogP contribution in [0.15, 0.2) is 0 Å². The van der Waals surface area contributed by atoms with Gasteiger partial charge in [0.1, 0.15) is 12.1 Å². The van der Waals surface area contributed by atoms with Gasteiger partial charge in [0.15, 0.2) is 0 Å². The lowest BCUT2D eigenvalue weighted by Gasteiger charge is -2.19. The van der Waals surface area contributed by atoms with Gasteiger partial charge in [-0.15, -0.1) is 0 Å². The van der Waals surface area contributed by atoms with Gasteiger partial charge in [-0.25, -0.2) is 20.4 Å². The van der Waals surface area contributed by atoms with Gasteiger partial charge < -0.3 is 14.8 Å². The van der Waals surface area contributed by atoms with Crippen LogP contribution in [0.4, 0.5) is 9.59 Å². The molecule has 0 unspecified atom stereocenters. The lowest BCUT2D eigenvalue weighted by Crippen LogP contribution is -2.49. The number of hydrazine groups is 1. The molecule has 0 saturated carbocycles. The Labute approximate surface area is 119 Å². The highest BCUT2D eigenvalue weighted by Crippen LogP contribution is 2.05. The Bertz CT molecular complexity index is 313. The van der Waals surface area contributed by atoms with E-state index in [0.717, 1.165) is 0 Å². The van der Waals surface area contributed by atoms with Gasteiger partial charge in [-0.2, -0.15) is 0 Å². The number of ether oxygens (including phenoxy) is 2. The number of nitrogens with one attached hydrogen (secondary N) is 3. The van der Waals surface area contributed by atoms with Gasteiger partial charge in [0, 0.05) is 0 Å². The summed E-state index contributed by atoms with van der Waals surface area (Å²) in [6.07, 6.45) is -0.797. The summed E-state index contributed by atoms with van der Waals surface area (Å²) >= 11 is 0. The van der Waals surface area contributed by atoms with Gasteiger partial charge in [0.2, 0.25) is 0 Å². The standard InChI is InChI=1S/C10H19N3O5.C2H6/c1-5-17-7(14)6-11-8(15)12-13-9(16)18-10(2,3)4;1-2/h5-6H2,1-4H3,(H,13,16)(H2,11,12,15);1-2H3. The minimum absolute atomic E-state index is 0.234. The summed E-state index contributed by atoms with van der Waals surface area (Å²) in [5.74, 6) is -0.565. The Hall–Kier alpha value is -1.99. The first kappa shape index (κ1) is 20.3.